The van der Waals surface area contributed by atoms with E-state index < -0.39 is 5.97 Å². The largest absolute Gasteiger partial charge is 0.478 e. The predicted octanol–water partition coefficient (Wildman–Crippen LogP) is 3.98. The molecule has 0 amide bonds. The number of carboxylic acids is 1. The van der Waals surface area contributed by atoms with Crippen LogP contribution in [0, 0.1) is 11.7 Å². The molecule has 0 aliphatic carbocycles. The first-order valence-corrected chi connectivity index (χ1v) is 8.39. The van der Waals surface area contributed by atoms with Gasteiger partial charge in [0.1, 0.15) is 5.82 Å². The van der Waals surface area contributed by atoms with E-state index in [9.17, 15) is 9.18 Å². The number of hydrogen-bond acceptors (Lipinski definition) is 2. The van der Waals surface area contributed by atoms with Gasteiger partial charge in [0.15, 0.2) is 0 Å². The molecule has 2 aromatic carbocycles. The fraction of sp³-hybridized carbons (Fsp3) is 0.350. The highest BCUT2D eigenvalue weighted by Crippen LogP contribution is 2.23. The Balaban J connectivity index is 1.52. The van der Waals surface area contributed by atoms with Gasteiger partial charge in [0.2, 0.25) is 0 Å². The van der Waals surface area contributed by atoms with Gasteiger partial charge in [-0.2, -0.15) is 0 Å². The summed E-state index contributed by atoms with van der Waals surface area (Å²) < 4.78 is 13.3. The average Bonchev–Trinajstić information content (AvgIpc) is 2.57. The van der Waals surface area contributed by atoms with Gasteiger partial charge in [-0.05, 0) is 73.7 Å². The molecule has 0 saturated carbocycles. The lowest BCUT2D eigenvalue weighted by Gasteiger charge is -2.32. The van der Waals surface area contributed by atoms with Crippen molar-refractivity contribution < 1.29 is 14.3 Å². The Morgan fingerprint density at radius 3 is 2.50 bits per heavy atom. The van der Waals surface area contributed by atoms with E-state index in [0.717, 1.165) is 50.0 Å². The van der Waals surface area contributed by atoms with Gasteiger partial charge < -0.3 is 5.11 Å². The van der Waals surface area contributed by atoms with Crippen molar-refractivity contribution in [2.24, 2.45) is 5.92 Å². The monoisotopic (exact) mass is 327 g/mol. The lowest BCUT2D eigenvalue weighted by Crippen LogP contribution is -2.33. The van der Waals surface area contributed by atoms with Gasteiger partial charge in [-0.3, -0.25) is 4.90 Å². The molecule has 3 nitrogen and oxygen atoms in total. The van der Waals surface area contributed by atoms with E-state index in [1.54, 1.807) is 30.3 Å². The van der Waals surface area contributed by atoms with Crippen molar-refractivity contribution in [3.63, 3.8) is 0 Å². The second-order valence-corrected chi connectivity index (χ2v) is 6.56. The van der Waals surface area contributed by atoms with Gasteiger partial charge in [0.05, 0.1) is 5.56 Å². The zero-order valence-corrected chi connectivity index (χ0v) is 13.6. The molecular formula is C20H22FNO2. The first kappa shape index (κ1) is 16.7. The second kappa shape index (κ2) is 7.58. The molecule has 1 saturated heterocycles. The van der Waals surface area contributed by atoms with Crippen LogP contribution in [-0.4, -0.2) is 29.1 Å². The molecule has 126 valence electrons. The number of carboxylic acid groups (broad SMARTS) is 1. The number of carbonyl (C=O) groups is 1. The molecule has 0 spiro atoms. The Kier molecular flexibility index (Phi) is 5.26. The number of likely N-dealkylation sites (tertiary alicyclic amines) is 1. The normalized spacial score (nSPS) is 16.2. The lowest BCUT2D eigenvalue weighted by molar-refractivity contribution is 0.0696. The Morgan fingerprint density at radius 1 is 1.08 bits per heavy atom. The van der Waals surface area contributed by atoms with Crippen LogP contribution in [0.4, 0.5) is 4.39 Å². The van der Waals surface area contributed by atoms with Gasteiger partial charge in [-0.1, -0.05) is 24.3 Å². The zero-order valence-electron chi connectivity index (χ0n) is 13.6. The standard InChI is InChI=1S/C20H22FNO2/c21-19-6-2-3-16(13-19)11-15-7-9-22(10-8-15)14-17-4-1-5-18(12-17)20(23)24/h1-6,12-13,15H,7-11,14H2,(H,23,24). The first-order valence-electron chi connectivity index (χ1n) is 8.39. The van der Waals surface area contributed by atoms with E-state index in [1.807, 2.05) is 12.1 Å². The van der Waals surface area contributed by atoms with E-state index in [1.165, 1.54) is 6.07 Å². The number of benzene rings is 2. The minimum atomic E-state index is -0.884. The molecule has 2 aromatic rings. The smallest absolute Gasteiger partial charge is 0.335 e. The number of nitrogens with zero attached hydrogens (tertiary/aromatic N) is 1. The summed E-state index contributed by atoms with van der Waals surface area (Å²) in [5, 5.41) is 9.07. The Bertz CT molecular complexity index is 708. The summed E-state index contributed by atoms with van der Waals surface area (Å²) in [6.07, 6.45) is 3.12. The summed E-state index contributed by atoms with van der Waals surface area (Å²) in [4.78, 5) is 13.4. The van der Waals surface area contributed by atoms with E-state index in [4.69, 9.17) is 5.11 Å². The maximum atomic E-state index is 13.3. The summed E-state index contributed by atoms with van der Waals surface area (Å²) in [6.45, 7) is 2.78. The molecule has 0 unspecified atom stereocenters. The van der Waals surface area contributed by atoms with Gasteiger partial charge in [0, 0.05) is 6.54 Å². The Labute approximate surface area is 141 Å². The third-order valence-electron chi connectivity index (χ3n) is 4.70. The molecule has 1 fully saturated rings. The van der Waals surface area contributed by atoms with Crippen molar-refractivity contribution in [2.75, 3.05) is 13.1 Å². The molecule has 0 radical (unpaired) electrons. The predicted molar refractivity (Wildman–Crippen MR) is 91.5 cm³/mol. The summed E-state index contributed by atoms with van der Waals surface area (Å²) in [7, 11) is 0. The number of hydrogen-bond donors (Lipinski definition) is 1. The van der Waals surface area contributed by atoms with Crippen molar-refractivity contribution in [2.45, 2.75) is 25.8 Å². The Morgan fingerprint density at radius 2 is 1.79 bits per heavy atom. The molecule has 1 aliphatic rings. The van der Waals surface area contributed by atoms with E-state index in [2.05, 4.69) is 4.90 Å². The zero-order chi connectivity index (χ0) is 16.9. The molecule has 24 heavy (non-hydrogen) atoms. The molecule has 0 atom stereocenters. The maximum Gasteiger partial charge on any atom is 0.335 e. The summed E-state index contributed by atoms with van der Waals surface area (Å²) in [5.41, 5.74) is 2.45. The third-order valence-corrected chi connectivity index (χ3v) is 4.70. The maximum absolute atomic E-state index is 13.3. The molecule has 1 N–H and O–H groups in total. The van der Waals surface area contributed by atoms with E-state index in [0.29, 0.717) is 11.5 Å². The topological polar surface area (TPSA) is 40.5 Å². The van der Waals surface area contributed by atoms with Crippen LogP contribution in [-0.2, 0) is 13.0 Å². The highest BCUT2D eigenvalue weighted by Gasteiger charge is 2.20. The van der Waals surface area contributed by atoms with E-state index in [-0.39, 0.29) is 5.82 Å². The highest BCUT2D eigenvalue weighted by molar-refractivity contribution is 5.87. The van der Waals surface area contributed by atoms with Gasteiger partial charge in [0.25, 0.3) is 0 Å². The van der Waals surface area contributed by atoms with Crippen molar-refractivity contribution in [3.8, 4) is 0 Å². The number of rotatable bonds is 5. The minimum Gasteiger partial charge on any atom is -0.478 e. The number of halogens is 1. The van der Waals surface area contributed by atoms with Crippen LogP contribution in [0.25, 0.3) is 0 Å². The van der Waals surface area contributed by atoms with E-state index >= 15 is 0 Å². The molecule has 1 heterocycles. The number of aromatic carboxylic acids is 1. The molecule has 1 aliphatic heterocycles. The lowest BCUT2D eigenvalue weighted by atomic mass is 9.90. The van der Waals surface area contributed by atoms with Gasteiger partial charge >= 0.3 is 5.97 Å². The SMILES string of the molecule is O=C(O)c1cccc(CN2CCC(Cc3cccc(F)c3)CC2)c1. The fourth-order valence-electron chi connectivity index (χ4n) is 3.41. The summed E-state index contributed by atoms with van der Waals surface area (Å²) >= 11 is 0. The second-order valence-electron chi connectivity index (χ2n) is 6.56. The average molecular weight is 327 g/mol. The Hall–Kier alpha value is -2.20. The molecule has 3 rings (SSSR count). The molecule has 4 heteroatoms. The molecular weight excluding hydrogens is 305 g/mol. The van der Waals surface area contributed by atoms with Crippen LogP contribution in [0.2, 0.25) is 0 Å². The first-order chi connectivity index (χ1) is 11.6. The fourth-order valence-corrected chi connectivity index (χ4v) is 3.41. The number of piperidine rings is 1. The van der Waals surface area contributed by atoms with Crippen molar-refractivity contribution in [1.29, 1.82) is 0 Å². The summed E-state index contributed by atoms with van der Waals surface area (Å²) in [5.74, 6) is -0.456. The van der Waals surface area contributed by atoms with Crippen LogP contribution in [0.3, 0.4) is 0 Å². The van der Waals surface area contributed by atoms with Crippen LogP contribution in [0.5, 0.6) is 0 Å². The minimum absolute atomic E-state index is 0.164. The van der Waals surface area contributed by atoms with Crippen LogP contribution < -0.4 is 0 Å². The van der Waals surface area contributed by atoms with Crippen molar-refractivity contribution in [3.05, 3.63) is 71.0 Å². The molecule has 0 bridgehead atoms. The van der Waals surface area contributed by atoms with Gasteiger partial charge in [-0.25, -0.2) is 9.18 Å². The molecule has 0 aromatic heterocycles. The van der Waals surface area contributed by atoms with Gasteiger partial charge in [-0.15, -0.1) is 0 Å². The van der Waals surface area contributed by atoms with Crippen molar-refractivity contribution in [1.82, 2.24) is 4.90 Å². The van der Waals surface area contributed by atoms with Crippen molar-refractivity contribution >= 4 is 5.97 Å². The summed E-state index contributed by atoms with van der Waals surface area (Å²) in [6, 6.07) is 14.0. The van der Waals surface area contributed by atoms with Crippen LogP contribution >= 0.6 is 0 Å². The quantitative estimate of drug-likeness (QED) is 0.903. The highest BCUT2D eigenvalue weighted by atomic mass is 19.1. The third kappa shape index (κ3) is 4.42. The van der Waals surface area contributed by atoms with Crippen LogP contribution in [0.1, 0.15) is 34.3 Å². The van der Waals surface area contributed by atoms with Crippen LogP contribution in [0.15, 0.2) is 48.5 Å².